The maximum atomic E-state index is 12.5. The first kappa shape index (κ1) is 21.6. The molecule has 1 amide bonds. The highest BCUT2D eigenvalue weighted by Crippen LogP contribution is 2.26. The van der Waals surface area contributed by atoms with E-state index >= 15 is 0 Å². The van der Waals surface area contributed by atoms with Crippen molar-refractivity contribution in [2.24, 2.45) is 0 Å². The summed E-state index contributed by atoms with van der Waals surface area (Å²) in [5.41, 5.74) is 2.89. The van der Waals surface area contributed by atoms with Gasteiger partial charge in [-0.3, -0.25) is 9.36 Å². The highest BCUT2D eigenvalue weighted by molar-refractivity contribution is 7.99. The first-order valence-corrected chi connectivity index (χ1v) is 11.2. The Labute approximate surface area is 194 Å². The van der Waals surface area contributed by atoms with Crippen LogP contribution in [0.4, 0.5) is 5.69 Å². The van der Waals surface area contributed by atoms with E-state index in [1.807, 2.05) is 59.2 Å². The molecule has 6 nitrogen and oxygen atoms in total. The van der Waals surface area contributed by atoms with Crippen LogP contribution in [0.1, 0.15) is 11.1 Å². The van der Waals surface area contributed by atoms with Gasteiger partial charge in [0.05, 0.1) is 23.5 Å². The van der Waals surface area contributed by atoms with E-state index in [9.17, 15) is 10.1 Å². The topological polar surface area (TPSA) is 83.6 Å². The molecule has 0 unspecified atom stereocenters. The molecule has 0 saturated heterocycles. The van der Waals surface area contributed by atoms with E-state index in [1.165, 1.54) is 11.8 Å². The van der Waals surface area contributed by atoms with Gasteiger partial charge in [-0.25, -0.2) is 0 Å². The molecule has 0 aliphatic heterocycles. The van der Waals surface area contributed by atoms with Crippen LogP contribution in [0.3, 0.4) is 0 Å². The molecule has 4 aromatic rings. The zero-order valence-electron chi connectivity index (χ0n) is 16.9. The molecule has 158 valence electrons. The van der Waals surface area contributed by atoms with Gasteiger partial charge in [-0.2, -0.15) is 5.26 Å². The number of hydrogen-bond acceptors (Lipinski definition) is 5. The fourth-order valence-corrected chi connectivity index (χ4v) is 3.99. The normalized spacial score (nSPS) is 10.5. The number of nitrogens with zero attached hydrogens (tertiary/aromatic N) is 4. The van der Waals surface area contributed by atoms with Gasteiger partial charge in [0.25, 0.3) is 0 Å². The summed E-state index contributed by atoms with van der Waals surface area (Å²) in [6, 6.07) is 26.4. The molecule has 8 heteroatoms. The van der Waals surface area contributed by atoms with Crippen molar-refractivity contribution in [3.05, 3.63) is 95.0 Å². The Morgan fingerprint density at radius 1 is 1.00 bits per heavy atom. The number of halogens is 1. The monoisotopic (exact) mass is 459 g/mol. The van der Waals surface area contributed by atoms with Crippen LogP contribution in [0.5, 0.6) is 0 Å². The van der Waals surface area contributed by atoms with Crippen molar-refractivity contribution < 1.29 is 4.79 Å². The lowest BCUT2D eigenvalue weighted by atomic mass is 10.2. The highest BCUT2D eigenvalue weighted by atomic mass is 35.5. The van der Waals surface area contributed by atoms with Gasteiger partial charge in [-0.15, -0.1) is 10.2 Å². The fourth-order valence-electron chi connectivity index (χ4n) is 3.12. The zero-order chi connectivity index (χ0) is 22.3. The number of thioether (sulfide) groups is 1. The number of benzene rings is 3. The van der Waals surface area contributed by atoms with Crippen LogP contribution in [-0.2, 0) is 11.3 Å². The van der Waals surface area contributed by atoms with Crippen molar-refractivity contribution in [3.63, 3.8) is 0 Å². The minimum absolute atomic E-state index is 0.132. The van der Waals surface area contributed by atoms with E-state index < -0.39 is 0 Å². The van der Waals surface area contributed by atoms with E-state index in [2.05, 4.69) is 21.6 Å². The first-order valence-electron chi connectivity index (χ1n) is 9.79. The Bertz CT molecular complexity index is 1270. The molecule has 1 N–H and O–H groups in total. The van der Waals surface area contributed by atoms with E-state index in [4.69, 9.17) is 11.6 Å². The summed E-state index contributed by atoms with van der Waals surface area (Å²) in [6.07, 6.45) is 0. The first-order chi connectivity index (χ1) is 15.6. The predicted molar refractivity (Wildman–Crippen MR) is 127 cm³/mol. The Hall–Kier alpha value is -3.60. The Balaban J connectivity index is 1.55. The van der Waals surface area contributed by atoms with Crippen LogP contribution >= 0.6 is 23.4 Å². The summed E-state index contributed by atoms with van der Waals surface area (Å²) >= 11 is 7.33. The molecule has 0 spiro atoms. The third kappa shape index (κ3) is 5.17. The number of aromatic nitrogens is 3. The molecule has 0 aliphatic rings. The number of hydrogen-bond donors (Lipinski definition) is 1. The molecule has 0 fully saturated rings. The molecule has 0 bridgehead atoms. The second-order valence-electron chi connectivity index (χ2n) is 6.88. The smallest absolute Gasteiger partial charge is 0.234 e. The van der Waals surface area contributed by atoms with Gasteiger partial charge in [0.15, 0.2) is 11.0 Å². The molecule has 0 saturated carbocycles. The molecule has 3 aromatic carbocycles. The van der Waals surface area contributed by atoms with Gasteiger partial charge >= 0.3 is 0 Å². The summed E-state index contributed by atoms with van der Waals surface area (Å²) in [5, 5.41) is 22.0. The van der Waals surface area contributed by atoms with E-state index in [0.717, 1.165) is 11.1 Å². The van der Waals surface area contributed by atoms with Gasteiger partial charge in [0, 0.05) is 10.6 Å². The average Bonchev–Trinajstić information content (AvgIpc) is 3.21. The zero-order valence-corrected chi connectivity index (χ0v) is 18.5. The molecular weight excluding hydrogens is 442 g/mol. The van der Waals surface area contributed by atoms with Crippen molar-refractivity contribution in [2.75, 3.05) is 11.1 Å². The van der Waals surface area contributed by atoms with Crippen LogP contribution in [-0.4, -0.2) is 26.4 Å². The Kier molecular flexibility index (Phi) is 6.85. The summed E-state index contributed by atoms with van der Waals surface area (Å²) in [6.45, 7) is 0.563. The van der Waals surface area contributed by atoms with Crippen molar-refractivity contribution in [2.45, 2.75) is 11.7 Å². The number of nitriles is 1. The molecular formula is C24H18ClN5OS. The van der Waals surface area contributed by atoms with E-state index in [-0.39, 0.29) is 11.7 Å². The van der Waals surface area contributed by atoms with E-state index in [0.29, 0.717) is 33.8 Å². The number of amides is 1. The Morgan fingerprint density at radius 2 is 1.72 bits per heavy atom. The molecule has 0 aliphatic carbocycles. The van der Waals surface area contributed by atoms with Crippen molar-refractivity contribution in [3.8, 4) is 17.5 Å². The van der Waals surface area contributed by atoms with Crippen molar-refractivity contribution in [1.82, 2.24) is 14.8 Å². The fraction of sp³-hybridized carbons (Fsp3) is 0.0833. The lowest BCUT2D eigenvalue weighted by molar-refractivity contribution is -0.113. The number of carbonyl (C=O) groups is 1. The maximum absolute atomic E-state index is 12.5. The number of carbonyl (C=O) groups excluding carboxylic acids is 1. The lowest BCUT2D eigenvalue weighted by Gasteiger charge is -2.11. The molecule has 1 heterocycles. The minimum Gasteiger partial charge on any atom is -0.324 e. The van der Waals surface area contributed by atoms with Gasteiger partial charge in [-0.05, 0) is 42.0 Å². The SMILES string of the molecule is N#Cc1ccccc1NC(=O)CSc1nnc(-c2ccc(Cl)cc2)n1Cc1ccccc1. The van der Waals surface area contributed by atoms with E-state index in [1.54, 1.807) is 24.3 Å². The number of anilines is 1. The molecule has 0 atom stereocenters. The standard InChI is InChI=1S/C24H18ClN5OS/c25-20-12-10-18(11-13-20)23-28-29-24(30(23)15-17-6-2-1-3-7-17)32-16-22(31)27-21-9-5-4-8-19(21)14-26/h1-13H,15-16H2,(H,27,31). The van der Waals surface area contributed by atoms with Crippen LogP contribution in [0.25, 0.3) is 11.4 Å². The van der Waals surface area contributed by atoms with Gasteiger partial charge in [-0.1, -0.05) is 65.8 Å². The highest BCUT2D eigenvalue weighted by Gasteiger charge is 2.17. The minimum atomic E-state index is -0.222. The summed E-state index contributed by atoms with van der Waals surface area (Å²) in [5.74, 6) is 0.607. The van der Waals surface area contributed by atoms with Crippen LogP contribution in [0.2, 0.25) is 5.02 Å². The molecule has 32 heavy (non-hydrogen) atoms. The number of nitrogens with one attached hydrogen (secondary N) is 1. The summed E-state index contributed by atoms with van der Waals surface area (Å²) in [7, 11) is 0. The van der Waals surface area contributed by atoms with Crippen molar-refractivity contribution in [1.29, 1.82) is 5.26 Å². The average molecular weight is 460 g/mol. The number of para-hydroxylation sites is 1. The van der Waals surface area contributed by atoms with Crippen LogP contribution in [0.15, 0.2) is 84.0 Å². The largest absolute Gasteiger partial charge is 0.324 e. The Morgan fingerprint density at radius 3 is 2.47 bits per heavy atom. The summed E-state index contributed by atoms with van der Waals surface area (Å²) < 4.78 is 1.99. The number of rotatable bonds is 7. The summed E-state index contributed by atoms with van der Waals surface area (Å²) in [4.78, 5) is 12.5. The lowest BCUT2D eigenvalue weighted by Crippen LogP contribution is -2.15. The molecule has 4 rings (SSSR count). The predicted octanol–water partition coefficient (Wildman–Crippen LogP) is 5.25. The molecule has 0 radical (unpaired) electrons. The van der Waals surface area contributed by atoms with Crippen LogP contribution in [0, 0.1) is 11.3 Å². The third-order valence-electron chi connectivity index (χ3n) is 4.66. The molecule has 1 aromatic heterocycles. The van der Waals surface area contributed by atoms with Gasteiger partial charge in [0.1, 0.15) is 6.07 Å². The maximum Gasteiger partial charge on any atom is 0.234 e. The van der Waals surface area contributed by atoms with Crippen molar-refractivity contribution >= 4 is 35.0 Å². The second kappa shape index (κ2) is 10.1. The third-order valence-corrected chi connectivity index (χ3v) is 5.88. The second-order valence-corrected chi connectivity index (χ2v) is 8.26. The van der Waals surface area contributed by atoms with Gasteiger partial charge < -0.3 is 5.32 Å². The van der Waals surface area contributed by atoms with Crippen LogP contribution < -0.4 is 5.32 Å². The van der Waals surface area contributed by atoms with Gasteiger partial charge in [0.2, 0.25) is 5.91 Å². The quantitative estimate of drug-likeness (QED) is 0.381.